The van der Waals surface area contributed by atoms with Crippen molar-refractivity contribution in [1.29, 1.82) is 0 Å². The monoisotopic (exact) mass is 473 g/mol. The Hall–Kier alpha value is -4.11. The van der Waals surface area contributed by atoms with Gasteiger partial charge < -0.3 is 15.4 Å². The van der Waals surface area contributed by atoms with Crippen LogP contribution in [0.4, 0.5) is 11.4 Å². The average molecular weight is 474 g/mol. The summed E-state index contributed by atoms with van der Waals surface area (Å²) in [6.07, 6.45) is 0. The Labute approximate surface area is 201 Å². The van der Waals surface area contributed by atoms with E-state index in [1.54, 1.807) is 19.2 Å². The van der Waals surface area contributed by atoms with E-state index in [2.05, 4.69) is 20.8 Å². The number of para-hydroxylation sites is 1. The number of anilines is 2. The Morgan fingerprint density at radius 3 is 2.38 bits per heavy atom. The summed E-state index contributed by atoms with van der Waals surface area (Å²) >= 11 is 1.30. The van der Waals surface area contributed by atoms with Crippen LogP contribution in [0.15, 0.2) is 84.0 Å². The fourth-order valence-electron chi connectivity index (χ4n) is 3.29. The Kier molecular flexibility index (Phi) is 7.24. The van der Waals surface area contributed by atoms with E-state index in [0.717, 1.165) is 11.3 Å². The number of nitrogens with zero attached hydrogens (tertiary/aromatic N) is 3. The number of thioether (sulfide) groups is 1. The van der Waals surface area contributed by atoms with Crippen molar-refractivity contribution in [2.24, 2.45) is 0 Å². The molecule has 0 atom stereocenters. The Morgan fingerprint density at radius 1 is 0.912 bits per heavy atom. The van der Waals surface area contributed by atoms with Crippen LogP contribution in [-0.4, -0.2) is 39.4 Å². The van der Waals surface area contributed by atoms with Gasteiger partial charge in [-0.3, -0.25) is 14.2 Å². The molecule has 9 heteroatoms. The van der Waals surface area contributed by atoms with Crippen LogP contribution in [0, 0.1) is 0 Å². The van der Waals surface area contributed by atoms with E-state index in [4.69, 9.17) is 4.74 Å². The van der Waals surface area contributed by atoms with Crippen molar-refractivity contribution in [2.45, 2.75) is 12.1 Å². The number of rotatable bonds is 8. The maximum absolute atomic E-state index is 12.6. The third-order valence-electron chi connectivity index (χ3n) is 4.80. The number of aromatic nitrogens is 3. The van der Waals surface area contributed by atoms with Gasteiger partial charge in [0.25, 0.3) is 0 Å². The number of carbonyl (C=O) groups excluding carboxylic acids is 2. The molecule has 0 radical (unpaired) electrons. The fraction of sp³-hybridized carbons (Fsp3) is 0.120. The third-order valence-corrected chi connectivity index (χ3v) is 5.73. The molecule has 2 amide bonds. The molecule has 1 aromatic heterocycles. The average Bonchev–Trinajstić information content (AvgIpc) is 3.27. The standard InChI is InChI=1S/C25H23N5O3S/c1-17(31)26-19-13-11-18(12-14-19)24-28-29-25(30(24)21-8-4-3-5-9-21)34-16-23(32)27-20-7-6-10-22(15-20)33-2/h3-15H,16H2,1-2H3,(H,26,31)(H,27,32). The summed E-state index contributed by atoms with van der Waals surface area (Å²) in [5.74, 6) is 1.16. The summed E-state index contributed by atoms with van der Waals surface area (Å²) in [7, 11) is 1.58. The van der Waals surface area contributed by atoms with Gasteiger partial charge in [-0.2, -0.15) is 0 Å². The van der Waals surface area contributed by atoms with Crippen LogP contribution in [0.2, 0.25) is 0 Å². The van der Waals surface area contributed by atoms with E-state index in [0.29, 0.717) is 28.1 Å². The summed E-state index contributed by atoms with van der Waals surface area (Å²) < 4.78 is 7.12. The van der Waals surface area contributed by atoms with Crippen molar-refractivity contribution >= 4 is 35.0 Å². The van der Waals surface area contributed by atoms with Gasteiger partial charge in [0.15, 0.2) is 11.0 Å². The molecule has 0 aliphatic carbocycles. The molecular formula is C25H23N5O3S. The van der Waals surface area contributed by atoms with Gasteiger partial charge in [0.2, 0.25) is 11.8 Å². The molecule has 4 rings (SSSR count). The molecule has 8 nitrogen and oxygen atoms in total. The first-order valence-corrected chi connectivity index (χ1v) is 11.5. The van der Waals surface area contributed by atoms with Gasteiger partial charge in [-0.05, 0) is 48.5 Å². The predicted octanol–water partition coefficient (Wildman–Crippen LogP) is 4.63. The molecule has 0 saturated carbocycles. The highest BCUT2D eigenvalue weighted by atomic mass is 32.2. The molecule has 0 bridgehead atoms. The number of amides is 2. The fourth-order valence-corrected chi connectivity index (χ4v) is 4.05. The minimum Gasteiger partial charge on any atom is -0.497 e. The van der Waals surface area contributed by atoms with Gasteiger partial charge in [0.05, 0.1) is 12.9 Å². The first kappa shape index (κ1) is 23.1. The quantitative estimate of drug-likeness (QED) is 0.362. The first-order valence-electron chi connectivity index (χ1n) is 10.5. The van der Waals surface area contributed by atoms with Crippen LogP contribution >= 0.6 is 11.8 Å². The smallest absolute Gasteiger partial charge is 0.234 e. The third kappa shape index (κ3) is 5.62. The Bertz CT molecular complexity index is 1290. The summed E-state index contributed by atoms with van der Waals surface area (Å²) in [4.78, 5) is 23.9. The van der Waals surface area contributed by atoms with Crippen molar-refractivity contribution in [2.75, 3.05) is 23.5 Å². The number of benzene rings is 3. The molecule has 4 aromatic rings. The van der Waals surface area contributed by atoms with Gasteiger partial charge in [0, 0.05) is 35.6 Å². The normalized spacial score (nSPS) is 10.5. The number of methoxy groups -OCH3 is 1. The highest BCUT2D eigenvalue weighted by Gasteiger charge is 2.17. The zero-order chi connectivity index (χ0) is 23.9. The number of hydrogen-bond acceptors (Lipinski definition) is 6. The van der Waals surface area contributed by atoms with Gasteiger partial charge in [-0.15, -0.1) is 10.2 Å². The summed E-state index contributed by atoms with van der Waals surface area (Å²) in [5, 5.41) is 15.0. The predicted molar refractivity (Wildman–Crippen MR) is 133 cm³/mol. The Balaban J connectivity index is 1.56. The van der Waals surface area contributed by atoms with Crippen molar-refractivity contribution in [1.82, 2.24) is 14.8 Å². The molecule has 0 aliphatic rings. The molecule has 1 heterocycles. The molecule has 0 saturated heterocycles. The van der Waals surface area contributed by atoms with Crippen LogP contribution < -0.4 is 15.4 Å². The van der Waals surface area contributed by atoms with E-state index in [1.165, 1.54) is 18.7 Å². The van der Waals surface area contributed by atoms with E-state index in [1.807, 2.05) is 71.3 Å². The maximum Gasteiger partial charge on any atom is 0.234 e. The number of ether oxygens (including phenoxy) is 1. The molecule has 0 spiro atoms. The van der Waals surface area contributed by atoms with Crippen molar-refractivity contribution < 1.29 is 14.3 Å². The van der Waals surface area contributed by atoms with Gasteiger partial charge >= 0.3 is 0 Å². The van der Waals surface area contributed by atoms with E-state index in [9.17, 15) is 9.59 Å². The van der Waals surface area contributed by atoms with Crippen molar-refractivity contribution in [3.63, 3.8) is 0 Å². The first-order chi connectivity index (χ1) is 16.5. The van der Waals surface area contributed by atoms with Gasteiger partial charge in [-0.25, -0.2) is 0 Å². The van der Waals surface area contributed by atoms with E-state index >= 15 is 0 Å². The van der Waals surface area contributed by atoms with Crippen LogP contribution in [0.3, 0.4) is 0 Å². The lowest BCUT2D eigenvalue weighted by Crippen LogP contribution is -2.14. The van der Waals surface area contributed by atoms with Crippen molar-refractivity contribution in [3.8, 4) is 22.8 Å². The number of nitrogens with one attached hydrogen (secondary N) is 2. The summed E-state index contributed by atoms with van der Waals surface area (Å²) in [6.45, 7) is 1.47. The lowest BCUT2D eigenvalue weighted by molar-refractivity contribution is -0.114. The molecule has 172 valence electrons. The molecular weight excluding hydrogens is 450 g/mol. The summed E-state index contributed by atoms with van der Waals surface area (Å²) in [6, 6.07) is 24.3. The zero-order valence-electron chi connectivity index (χ0n) is 18.7. The highest BCUT2D eigenvalue weighted by molar-refractivity contribution is 7.99. The van der Waals surface area contributed by atoms with Gasteiger partial charge in [0.1, 0.15) is 5.75 Å². The molecule has 3 aromatic carbocycles. The molecule has 0 unspecified atom stereocenters. The molecule has 34 heavy (non-hydrogen) atoms. The summed E-state index contributed by atoms with van der Waals surface area (Å²) in [5.41, 5.74) is 3.07. The van der Waals surface area contributed by atoms with Crippen LogP contribution in [0.25, 0.3) is 17.1 Å². The molecule has 0 fully saturated rings. The lowest BCUT2D eigenvalue weighted by atomic mass is 10.2. The minimum absolute atomic E-state index is 0.133. The topological polar surface area (TPSA) is 98.1 Å². The number of carbonyl (C=O) groups is 2. The maximum atomic E-state index is 12.6. The largest absolute Gasteiger partial charge is 0.497 e. The van der Waals surface area contributed by atoms with Crippen LogP contribution in [0.5, 0.6) is 5.75 Å². The minimum atomic E-state index is -0.165. The van der Waals surface area contributed by atoms with Crippen molar-refractivity contribution in [3.05, 3.63) is 78.9 Å². The van der Waals surface area contributed by atoms with Crippen LogP contribution in [0.1, 0.15) is 6.92 Å². The second kappa shape index (κ2) is 10.7. The van der Waals surface area contributed by atoms with E-state index in [-0.39, 0.29) is 17.6 Å². The molecule has 0 aliphatic heterocycles. The molecule has 2 N–H and O–H groups in total. The van der Waals surface area contributed by atoms with Crippen LogP contribution in [-0.2, 0) is 9.59 Å². The zero-order valence-corrected chi connectivity index (χ0v) is 19.5. The lowest BCUT2D eigenvalue weighted by Gasteiger charge is -2.11. The second-order valence-electron chi connectivity index (χ2n) is 7.30. The second-order valence-corrected chi connectivity index (χ2v) is 8.25. The Morgan fingerprint density at radius 2 is 1.68 bits per heavy atom. The highest BCUT2D eigenvalue weighted by Crippen LogP contribution is 2.29. The number of hydrogen-bond donors (Lipinski definition) is 2. The van der Waals surface area contributed by atoms with E-state index < -0.39 is 0 Å². The SMILES string of the molecule is COc1cccc(NC(=O)CSc2nnc(-c3ccc(NC(C)=O)cc3)n2-c2ccccc2)c1. The van der Waals surface area contributed by atoms with Gasteiger partial charge in [-0.1, -0.05) is 36.0 Å².